The second-order valence-corrected chi connectivity index (χ2v) is 7.46. The van der Waals surface area contributed by atoms with Crippen LogP contribution in [-0.2, 0) is 11.3 Å². The Morgan fingerprint density at radius 1 is 1.36 bits per heavy atom. The number of ether oxygens (including phenoxy) is 1. The minimum Gasteiger partial charge on any atom is -0.375 e. The molecule has 3 fully saturated rings. The number of hydrogen-bond donors (Lipinski definition) is 1. The van der Waals surface area contributed by atoms with Gasteiger partial charge in [0.1, 0.15) is 0 Å². The fourth-order valence-electron chi connectivity index (χ4n) is 4.21. The van der Waals surface area contributed by atoms with Gasteiger partial charge in [-0.05, 0) is 43.9 Å². The van der Waals surface area contributed by atoms with Crippen LogP contribution in [0.25, 0.3) is 0 Å². The number of nitrogens with one attached hydrogen (secondary N) is 1. The highest BCUT2D eigenvalue weighted by molar-refractivity contribution is 5.03. The lowest BCUT2D eigenvalue weighted by Gasteiger charge is -2.29. The van der Waals surface area contributed by atoms with Gasteiger partial charge in [-0.1, -0.05) is 6.07 Å². The van der Waals surface area contributed by atoms with E-state index in [0.717, 1.165) is 18.2 Å². The van der Waals surface area contributed by atoms with Crippen LogP contribution in [0.15, 0.2) is 24.4 Å². The van der Waals surface area contributed by atoms with Crippen LogP contribution in [-0.4, -0.2) is 49.2 Å². The molecule has 1 aromatic rings. The Balaban J connectivity index is 1.33. The molecular weight excluding hydrogens is 274 g/mol. The predicted molar refractivity (Wildman–Crippen MR) is 86.5 cm³/mol. The average molecular weight is 301 g/mol. The molecule has 2 atom stereocenters. The molecular formula is C18H27N3O. The van der Waals surface area contributed by atoms with Crippen LogP contribution in [0.1, 0.15) is 25.0 Å². The van der Waals surface area contributed by atoms with Crippen LogP contribution in [0.5, 0.6) is 0 Å². The van der Waals surface area contributed by atoms with Crippen molar-refractivity contribution in [3.63, 3.8) is 0 Å². The third-order valence-corrected chi connectivity index (χ3v) is 5.67. The van der Waals surface area contributed by atoms with Crippen molar-refractivity contribution in [2.75, 3.05) is 39.3 Å². The van der Waals surface area contributed by atoms with Crippen molar-refractivity contribution in [3.8, 4) is 0 Å². The summed E-state index contributed by atoms with van der Waals surface area (Å²) in [4.78, 5) is 7.05. The van der Waals surface area contributed by atoms with Gasteiger partial charge in [-0.15, -0.1) is 0 Å². The second kappa shape index (κ2) is 6.26. The topological polar surface area (TPSA) is 37.4 Å². The summed E-state index contributed by atoms with van der Waals surface area (Å²) in [7, 11) is 0. The van der Waals surface area contributed by atoms with Crippen molar-refractivity contribution in [2.24, 2.45) is 17.3 Å². The number of likely N-dealkylation sites (tertiary alicyclic amines) is 1. The van der Waals surface area contributed by atoms with Gasteiger partial charge in [0.05, 0.1) is 18.9 Å². The third kappa shape index (κ3) is 3.19. The van der Waals surface area contributed by atoms with E-state index in [2.05, 4.69) is 15.2 Å². The summed E-state index contributed by atoms with van der Waals surface area (Å²) in [5.74, 6) is 1.66. The number of pyridine rings is 1. The van der Waals surface area contributed by atoms with Gasteiger partial charge in [0.25, 0.3) is 0 Å². The average Bonchev–Trinajstić information content (AvgIpc) is 3.12. The zero-order valence-corrected chi connectivity index (χ0v) is 13.3. The second-order valence-electron chi connectivity index (χ2n) is 7.46. The number of aromatic nitrogens is 1. The van der Waals surface area contributed by atoms with Crippen LogP contribution in [0.3, 0.4) is 0 Å². The van der Waals surface area contributed by atoms with Gasteiger partial charge in [0.2, 0.25) is 0 Å². The molecule has 2 aliphatic heterocycles. The molecule has 0 amide bonds. The molecule has 0 bridgehead atoms. The van der Waals surface area contributed by atoms with E-state index in [1.54, 1.807) is 0 Å². The quantitative estimate of drug-likeness (QED) is 0.871. The molecule has 1 aliphatic carbocycles. The smallest absolute Gasteiger partial charge is 0.0887 e. The van der Waals surface area contributed by atoms with Crippen molar-refractivity contribution in [2.45, 2.75) is 25.9 Å². The Labute approximate surface area is 133 Å². The normalized spacial score (nSPS) is 32.1. The molecule has 1 N–H and O–H groups in total. The zero-order valence-electron chi connectivity index (χ0n) is 13.3. The highest BCUT2D eigenvalue weighted by Gasteiger charge is 2.48. The van der Waals surface area contributed by atoms with Crippen LogP contribution in [0.2, 0.25) is 0 Å². The molecule has 1 spiro atoms. The summed E-state index contributed by atoms with van der Waals surface area (Å²) in [6.45, 7) is 7.68. The van der Waals surface area contributed by atoms with Gasteiger partial charge < -0.3 is 15.0 Å². The maximum Gasteiger partial charge on any atom is 0.0887 e. The van der Waals surface area contributed by atoms with E-state index in [-0.39, 0.29) is 0 Å². The van der Waals surface area contributed by atoms with Crippen LogP contribution < -0.4 is 5.32 Å². The lowest BCUT2D eigenvalue weighted by atomic mass is 9.78. The summed E-state index contributed by atoms with van der Waals surface area (Å²) >= 11 is 0. The summed E-state index contributed by atoms with van der Waals surface area (Å²) in [5.41, 5.74) is 1.49. The fraction of sp³-hybridized carbons (Fsp3) is 0.722. The number of rotatable bonds is 6. The molecule has 0 radical (unpaired) electrons. The Bertz CT molecular complexity index is 482. The van der Waals surface area contributed by atoms with Gasteiger partial charge in [-0.2, -0.15) is 0 Å². The van der Waals surface area contributed by atoms with Gasteiger partial charge in [-0.25, -0.2) is 0 Å². The van der Waals surface area contributed by atoms with Gasteiger partial charge in [-0.3, -0.25) is 4.98 Å². The molecule has 0 unspecified atom stereocenters. The Morgan fingerprint density at radius 3 is 3.05 bits per heavy atom. The predicted octanol–water partition coefficient (Wildman–Crippen LogP) is 1.92. The molecule has 4 nitrogen and oxygen atoms in total. The van der Waals surface area contributed by atoms with Gasteiger partial charge in [0.15, 0.2) is 0 Å². The van der Waals surface area contributed by atoms with Crippen molar-refractivity contribution in [1.82, 2.24) is 15.2 Å². The van der Waals surface area contributed by atoms with Crippen LogP contribution in [0, 0.1) is 17.3 Å². The first-order valence-electron chi connectivity index (χ1n) is 8.75. The summed E-state index contributed by atoms with van der Waals surface area (Å²) < 4.78 is 6.04. The summed E-state index contributed by atoms with van der Waals surface area (Å²) in [6, 6.07) is 6.03. The standard InChI is InChI=1S/C18H27N3O/c1-2-7-20-17(3-1)12-22-11-16-10-21(9-15-4-5-15)14-18(16)6-8-19-13-18/h1-3,7,15-16,19H,4-6,8-14H2/t16-,18+/m1/s1. The molecule has 4 rings (SSSR count). The van der Waals surface area contributed by atoms with Crippen molar-refractivity contribution in [1.29, 1.82) is 0 Å². The maximum absolute atomic E-state index is 6.04. The van der Waals surface area contributed by atoms with Gasteiger partial charge >= 0.3 is 0 Å². The maximum atomic E-state index is 6.04. The highest BCUT2D eigenvalue weighted by atomic mass is 16.5. The summed E-state index contributed by atoms with van der Waals surface area (Å²) in [6.07, 6.45) is 6.05. The first kappa shape index (κ1) is 14.6. The van der Waals surface area contributed by atoms with Crippen LogP contribution in [0.4, 0.5) is 0 Å². The van der Waals surface area contributed by atoms with Crippen LogP contribution >= 0.6 is 0 Å². The first-order valence-corrected chi connectivity index (χ1v) is 8.75. The Morgan fingerprint density at radius 2 is 2.32 bits per heavy atom. The molecule has 120 valence electrons. The van der Waals surface area contributed by atoms with Crippen molar-refractivity contribution in [3.05, 3.63) is 30.1 Å². The van der Waals surface area contributed by atoms with E-state index >= 15 is 0 Å². The van der Waals surface area contributed by atoms with E-state index in [4.69, 9.17) is 4.74 Å². The molecule has 1 saturated carbocycles. The first-order chi connectivity index (χ1) is 10.8. The zero-order chi connectivity index (χ0) is 14.8. The molecule has 3 heterocycles. The number of nitrogens with zero attached hydrogens (tertiary/aromatic N) is 2. The minimum atomic E-state index is 0.457. The minimum absolute atomic E-state index is 0.457. The molecule has 4 heteroatoms. The lowest BCUT2D eigenvalue weighted by molar-refractivity contribution is 0.0540. The fourth-order valence-corrected chi connectivity index (χ4v) is 4.21. The SMILES string of the molecule is c1ccc(COC[C@H]2CN(CC3CC3)C[C@@]23CCNC3)nc1. The molecule has 3 aliphatic rings. The Hall–Kier alpha value is -0.970. The largest absolute Gasteiger partial charge is 0.375 e. The third-order valence-electron chi connectivity index (χ3n) is 5.67. The van der Waals surface area contributed by atoms with E-state index in [1.165, 1.54) is 52.0 Å². The lowest BCUT2D eigenvalue weighted by Crippen LogP contribution is -2.35. The highest BCUT2D eigenvalue weighted by Crippen LogP contribution is 2.43. The number of hydrogen-bond acceptors (Lipinski definition) is 4. The van der Waals surface area contributed by atoms with E-state index in [9.17, 15) is 0 Å². The van der Waals surface area contributed by atoms with Crippen molar-refractivity contribution >= 4 is 0 Å². The van der Waals surface area contributed by atoms with E-state index < -0.39 is 0 Å². The van der Waals surface area contributed by atoms with Gasteiger partial charge in [0, 0.05) is 43.7 Å². The molecule has 2 saturated heterocycles. The monoisotopic (exact) mass is 301 g/mol. The summed E-state index contributed by atoms with van der Waals surface area (Å²) in [5, 5.41) is 3.59. The van der Waals surface area contributed by atoms with E-state index in [1.807, 2.05) is 24.4 Å². The Kier molecular flexibility index (Phi) is 4.16. The molecule has 0 aromatic carbocycles. The molecule has 1 aromatic heterocycles. The van der Waals surface area contributed by atoms with E-state index in [0.29, 0.717) is 17.9 Å². The van der Waals surface area contributed by atoms with Crippen molar-refractivity contribution < 1.29 is 4.74 Å². The molecule has 22 heavy (non-hydrogen) atoms.